The number of carboxylic acids is 1. The summed E-state index contributed by atoms with van der Waals surface area (Å²) < 4.78 is 2.39. The first-order valence-corrected chi connectivity index (χ1v) is 7.86. The molecule has 1 aliphatic rings. The maximum absolute atomic E-state index is 12.8. The molecular weight excluding hydrogens is 364 g/mol. The van der Waals surface area contributed by atoms with Crippen molar-refractivity contribution < 1.29 is 14.7 Å². The first-order valence-electron chi connectivity index (χ1n) is 7.07. The number of aromatic nitrogens is 3. The number of halogens is 1. The number of carbonyl (C=O) groups is 2. The number of fused-ring (bicyclic) bond motifs is 1. The molecule has 1 atom stereocenters. The Bertz CT molecular complexity index is 802. The van der Waals surface area contributed by atoms with Gasteiger partial charge in [-0.05, 0) is 47.5 Å². The lowest BCUT2D eigenvalue weighted by molar-refractivity contribution is -0.143. The lowest BCUT2D eigenvalue weighted by Crippen LogP contribution is -2.50. The van der Waals surface area contributed by atoms with E-state index in [1.165, 1.54) is 4.90 Å². The van der Waals surface area contributed by atoms with Crippen molar-refractivity contribution in [2.24, 2.45) is 0 Å². The molecule has 0 saturated heterocycles. The number of hydrogen-bond donors (Lipinski definition) is 1. The summed E-state index contributed by atoms with van der Waals surface area (Å²) in [7, 11) is 0. The lowest BCUT2D eigenvalue weighted by Gasteiger charge is -2.33. The Kier molecular flexibility index (Phi) is 3.93. The van der Waals surface area contributed by atoms with Gasteiger partial charge in [0.05, 0.1) is 18.7 Å². The Labute approximate surface area is 141 Å². The Morgan fingerprint density at radius 2 is 2.04 bits per heavy atom. The van der Waals surface area contributed by atoms with E-state index >= 15 is 0 Å². The number of nitrogens with zero attached hydrogens (tertiary/aromatic N) is 4. The van der Waals surface area contributed by atoms with E-state index in [0.29, 0.717) is 21.7 Å². The van der Waals surface area contributed by atoms with E-state index in [9.17, 15) is 14.7 Å². The summed E-state index contributed by atoms with van der Waals surface area (Å²) in [5.74, 6) is -0.136. The van der Waals surface area contributed by atoms with Crippen LogP contribution in [0.25, 0.3) is 0 Å². The largest absolute Gasteiger partial charge is 0.480 e. The van der Waals surface area contributed by atoms with Crippen LogP contribution in [0.15, 0.2) is 22.7 Å². The minimum atomic E-state index is -1.04. The van der Waals surface area contributed by atoms with Gasteiger partial charge in [0, 0.05) is 4.47 Å². The van der Waals surface area contributed by atoms with Crippen LogP contribution in [0.5, 0.6) is 0 Å². The van der Waals surface area contributed by atoms with E-state index in [1.807, 2.05) is 19.1 Å². The summed E-state index contributed by atoms with van der Waals surface area (Å²) >= 11 is 3.38. The summed E-state index contributed by atoms with van der Waals surface area (Å²) in [4.78, 5) is 25.8. The monoisotopic (exact) mass is 378 g/mol. The van der Waals surface area contributed by atoms with E-state index in [2.05, 4.69) is 26.1 Å². The van der Waals surface area contributed by atoms with E-state index in [0.717, 1.165) is 5.56 Å². The molecule has 1 aliphatic heterocycles. The maximum Gasteiger partial charge on any atom is 0.328 e. The second-order valence-corrected chi connectivity index (χ2v) is 6.40. The first-order chi connectivity index (χ1) is 10.9. The molecule has 2 heterocycles. The van der Waals surface area contributed by atoms with Crippen LogP contribution < -0.4 is 0 Å². The molecule has 0 spiro atoms. The van der Waals surface area contributed by atoms with Gasteiger partial charge in [0.15, 0.2) is 5.82 Å². The zero-order valence-corrected chi connectivity index (χ0v) is 14.2. The molecule has 120 valence electrons. The molecule has 1 aromatic heterocycles. The van der Waals surface area contributed by atoms with Crippen molar-refractivity contribution in [3.05, 3.63) is 45.4 Å². The van der Waals surface area contributed by atoms with Gasteiger partial charge in [-0.3, -0.25) is 4.79 Å². The van der Waals surface area contributed by atoms with Gasteiger partial charge in [0.1, 0.15) is 11.9 Å². The van der Waals surface area contributed by atoms with Gasteiger partial charge in [0.2, 0.25) is 0 Å². The minimum Gasteiger partial charge on any atom is -0.480 e. The predicted molar refractivity (Wildman–Crippen MR) is 84.9 cm³/mol. The Morgan fingerprint density at radius 1 is 1.30 bits per heavy atom. The molecule has 0 fully saturated rings. The first kappa shape index (κ1) is 15.7. The fourth-order valence-electron chi connectivity index (χ4n) is 2.69. The van der Waals surface area contributed by atoms with Crippen LogP contribution in [-0.4, -0.2) is 42.7 Å². The third-order valence-electron chi connectivity index (χ3n) is 3.96. The molecule has 0 aliphatic carbocycles. The van der Waals surface area contributed by atoms with Crippen LogP contribution >= 0.6 is 15.9 Å². The summed E-state index contributed by atoms with van der Waals surface area (Å²) in [6, 6.07) is 4.41. The summed E-state index contributed by atoms with van der Waals surface area (Å²) in [5.41, 5.74) is 1.45. The molecular formula is C15H15BrN4O3. The number of carbonyl (C=O) groups excluding carboxylic acids is 1. The minimum absolute atomic E-state index is 0.122. The maximum atomic E-state index is 12.8. The third kappa shape index (κ3) is 2.74. The molecule has 1 unspecified atom stereocenters. The van der Waals surface area contributed by atoms with Crippen molar-refractivity contribution in [1.29, 1.82) is 0 Å². The highest BCUT2D eigenvalue weighted by Gasteiger charge is 2.37. The number of benzene rings is 1. The van der Waals surface area contributed by atoms with Crippen LogP contribution in [0.3, 0.4) is 0 Å². The van der Waals surface area contributed by atoms with Gasteiger partial charge in [-0.1, -0.05) is 6.07 Å². The number of aryl methyl sites for hydroxylation is 2. The fraction of sp³-hybridized carbons (Fsp3) is 0.333. The second kappa shape index (κ2) is 5.77. The van der Waals surface area contributed by atoms with Gasteiger partial charge in [0.25, 0.3) is 5.91 Å². The second-order valence-electron chi connectivity index (χ2n) is 5.54. The van der Waals surface area contributed by atoms with E-state index in [-0.39, 0.29) is 19.0 Å². The van der Waals surface area contributed by atoms with E-state index in [4.69, 9.17) is 0 Å². The van der Waals surface area contributed by atoms with Crippen molar-refractivity contribution in [3.63, 3.8) is 0 Å². The molecule has 1 aromatic carbocycles. The zero-order valence-electron chi connectivity index (χ0n) is 12.7. The topological polar surface area (TPSA) is 88.3 Å². The molecule has 23 heavy (non-hydrogen) atoms. The summed E-state index contributed by atoms with van der Waals surface area (Å²) in [5, 5.41) is 17.5. The Morgan fingerprint density at radius 3 is 2.70 bits per heavy atom. The average molecular weight is 379 g/mol. The zero-order chi connectivity index (χ0) is 16.7. The van der Waals surface area contributed by atoms with Gasteiger partial charge in [-0.25, -0.2) is 4.79 Å². The molecule has 0 saturated carbocycles. The van der Waals surface area contributed by atoms with Crippen LogP contribution in [0.1, 0.15) is 27.6 Å². The number of aliphatic carboxylic acids is 1. The Hall–Kier alpha value is -2.22. The van der Waals surface area contributed by atoms with Crippen molar-refractivity contribution in [3.8, 4) is 0 Å². The highest BCUT2D eigenvalue weighted by atomic mass is 79.9. The standard InChI is InChI=1S/C15H15BrN4O3/c1-8-3-4-10(11(16)5-8)14(21)20-7-13-18-17-9(2)19(13)6-12(20)15(22)23/h3-5,12H,6-7H2,1-2H3,(H,22,23). The van der Waals surface area contributed by atoms with Crippen LogP contribution in [0.2, 0.25) is 0 Å². The average Bonchev–Trinajstić information content (AvgIpc) is 2.86. The molecule has 0 radical (unpaired) electrons. The van der Waals surface area contributed by atoms with Gasteiger partial charge in [-0.15, -0.1) is 10.2 Å². The smallest absolute Gasteiger partial charge is 0.328 e. The summed E-state index contributed by atoms with van der Waals surface area (Å²) in [6.45, 7) is 3.96. The quantitative estimate of drug-likeness (QED) is 0.859. The third-order valence-corrected chi connectivity index (χ3v) is 4.61. The van der Waals surface area contributed by atoms with Gasteiger partial charge >= 0.3 is 5.97 Å². The SMILES string of the molecule is Cc1ccc(C(=O)N2Cc3nnc(C)n3CC2C(=O)O)c(Br)c1. The molecule has 2 aromatic rings. The fourth-order valence-corrected chi connectivity index (χ4v) is 3.35. The number of amides is 1. The van der Waals surface area contributed by atoms with Crippen molar-refractivity contribution in [1.82, 2.24) is 19.7 Å². The molecule has 0 bridgehead atoms. The van der Waals surface area contributed by atoms with Gasteiger partial charge < -0.3 is 14.6 Å². The summed E-state index contributed by atoms with van der Waals surface area (Å²) in [6.07, 6.45) is 0. The predicted octanol–water partition coefficient (Wildman–Crippen LogP) is 1.77. The highest BCUT2D eigenvalue weighted by molar-refractivity contribution is 9.10. The lowest BCUT2D eigenvalue weighted by atomic mass is 10.1. The Balaban J connectivity index is 1.99. The molecule has 1 N–H and O–H groups in total. The van der Waals surface area contributed by atoms with E-state index in [1.54, 1.807) is 17.6 Å². The molecule has 1 amide bonds. The highest BCUT2D eigenvalue weighted by Crippen LogP contribution is 2.25. The number of carboxylic acid groups (broad SMARTS) is 1. The van der Waals surface area contributed by atoms with Crippen molar-refractivity contribution in [2.75, 3.05) is 0 Å². The number of rotatable bonds is 2. The van der Waals surface area contributed by atoms with E-state index < -0.39 is 12.0 Å². The molecule has 3 rings (SSSR count). The molecule has 8 heteroatoms. The van der Waals surface area contributed by atoms with Crippen LogP contribution in [0, 0.1) is 13.8 Å². The van der Waals surface area contributed by atoms with Crippen LogP contribution in [0.4, 0.5) is 0 Å². The van der Waals surface area contributed by atoms with Crippen LogP contribution in [-0.2, 0) is 17.9 Å². The number of hydrogen-bond acceptors (Lipinski definition) is 4. The van der Waals surface area contributed by atoms with Crippen molar-refractivity contribution >= 4 is 27.8 Å². The molecule has 7 nitrogen and oxygen atoms in total. The van der Waals surface area contributed by atoms with Crippen molar-refractivity contribution in [2.45, 2.75) is 33.0 Å². The van der Waals surface area contributed by atoms with Gasteiger partial charge in [-0.2, -0.15) is 0 Å². The normalized spacial score (nSPS) is 17.0.